The van der Waals surface area contributed by atoms with Crippen LogP contribution in [0.5, 0.6) is 0 Å². The molecule has 0 aromatic carbocycles. The molecule has 4 nitrogen and oxygen atoms in total. The zero-order valence-electron chi connectivity index (χ0n) is 21.5. The van der Waals surface area contributed by atoms with Crippen molar-refractivity contribution in [1.82, 2.24) is 0 Å². The van der Waals surface area contributed by atoms with Crippen LogP contribution in [0, 0.1) is 46.3 Å². The number of rotatable bonds is 4. The molecule has 0 aliphatic heterocycles. The van der Waals surface area contributed by atoms with E-state index in [0.717, 1.165) is 25.7 Å². The molecule has 4 aliphatic carbocycles. The van der Waals surface area contributed by atoms with E-state index in [2.05, 4.69) is 13.8 Å². The van der Waals surface area contributed by atoms with E-state index < -0.39 is 42.3 Å². The van der Waals surface area contributed by atoms with Crippen LogP contribution in [0.2, 0.25) is 0 Å². The Bertz CT molecular complexity index is 760. The molecule has 0 amide bonds. The Morgan fingerprint density at radius 2 is 1.86 bits per heavy atom. The van der Waals surface area contributed by atoms with Crippen LogP contribution < -0.4 is 0 Å². The molecule has 0 aromatic rings. The number of hydrogen-bond donors (Lipinski definition) is 3. The van der Waals surface area contributed by atoms with Crippen LogP contribution in [0.4, 0.5) is 0 Å². The van der Waals surface area contributed by atoms with Crippen molar-refractivity contribution < 1.29 is 25.6 Å². The minimum absolute atomic E-state index is 0.00789. The fourth-order valence-electron chi connectivity index (χ4n) is 8.03. The molecule has 0 radical (unpaired) electrons. The van der Waals surface area contributed by atoms with Crippen molar-refractivity contribution in [3.05, 3.63) is 0 Å². The Morgan fingerprint density at radius 3 is 2.57 bits per heavy atom. The Hall–Kier alpha value is -0.610. The van der Waals surface area contributed by atoms with Crippen LogP contribution in [-0.4, -0.2) is 33.5 Å². The summed E-state index contributed by atoms with van der Waals surface area (Å²) in [5.41, 5.74) is -0.583. The van der Waals surface area contributed by atoms with Gasteiger partial charge in [-0.05, 0) is 104 Å². The van der Waals surface area contributed by atoms with Crippen LogP contribution >= 0.6 is 0 Å². The molecule has 10 atom stereocenters. The van der Waals surface area contributed by atoms with Gasteiger partial charge >= 0.3 is 5.97 Å². The maximum atomic E-state index is 11.3. The van der Waals surface area contributed by atoms with Gasteiger partial charge in [0.1, 0.15) is 0 Å². The van der Waals surface area contributed by atoms with Crippen molar-refractivity contribution in [3.8, 4) is 0 Å². The molecule has 4 fully saturated rings. The van der Waals surface area contributed by atoms with E-state index in [4.69, 9.17) is 10.6 Å². The smallest absolute Gasteiger partial charge is 0.303 e. The lowest BCUT2D eigenvalue weighted by Crippen LogP contribution is -2.58. The summed E-state index contributed by atoms with van der Waals surface area (Å²) >= 11 is 0. The summed E-state index contributed by atoms with van der Waals surface area (Å²) in [5, 5.41) is 31.0. The summed E-state index contributed by atoms with van der Waals surface area (Å²) in [7, 11) is 0. The molecule has 4 saturated carbocycles. The molecule has 0 bridgehead atoms. The molecule has 4 aliphatic rings. The summed E-state index contributed by atoms with van der Waals surface area (Å²) in [4.78, 5) is 11.1. The number of aliphatic carboxylic acids is 1. The minimum atomic E-state index is -2.08. The van der Waals surface area contributed by atoms with Crippen molar-refractivity contribution >= 4 is 5.97 Å². The predicted octanol–water partition coefficient (Wildman–Crippen LogP) is 4.48. The maximum absolute atomic E-state index is 11.3. The topological polar surface area (TPSA) is 77.8 Å². The first kappa shape index (κ1) is 16.1. The van der Waals surface area contributed by atoms with Crippen LogP contribution in [0.15, 0.2) is 0 Å². The molecule has 0 spiro atoms. The lowest BCUT2D eigenvalue weighted by atomic mass is 9.43. The van der Waals surface area contributed by atoms with Crippen molar-refractivity contribution in [3.63, 3.8) is 0 Å². The first-order valence-corrected chi connectivity index (χ1v) is 11.2. The van der Waals surface area contributed by atoms with Crippen molar-refractivity contribution in [1.29, 1.82) is 0 Å². The van der Waals surface area contributed by atoms with Gasteiger partial charge in [-0.25, -0.2) is 0 Å². The number of fused-ring (bicyclic) bond motifs is 5. The largest absolute Gasteiger partial charge is 0.481 e. The Morgan fingerprint density at radius 1 is 1.14 bits per heavy atom. The van der Waals surface area contributed by atoms with Crippen molar-refractivity contribution in [2.24, 2.45) is 46.3 Å². The second kappa shape index (κ2) is 7.27. The van der Waals surface area contributed by atoms with E-state index in [9.17, 15) is 15.0 Å². The van der Waals surface area contributed by atoms with Crippen LogP contribution in [-0.2, 0) is 4.79 Å². The van der Waals surface area contributed by atoms with Crippen LogP contribution in [0.3, 0.4) is 0 Å². The highest BCUT2D eigenvalue weighted by Crippen LogP contribution is 2.68. The van der Waals surface area contributed by atoms with E-state index in [1.807, 2.05) is 6.92 Å². The Balaban J connectivity index is 1.64. The van der Waals surface area contributed by atoms with E-state index in [1.54, 1.807) is 0 Å². The van der Waals surface area contributed by atoms with Crippen molar-refractivity contribution in [2.75, 3.05) is 0 Å². The molecule has 4 rings (SSSR count). The number of aliphatic hydroxyl groups is 2. The van der Waals surface area contributed by atoms with Gasteiger partial charge in [0, 0.05) is 11.9 Å². The van der Waals surface area contributed by atoms with Crippen LogP contribution in [0.25, 0.3) is 0 Å². The number of carbonyl (C=O) groups is 1. The van der Waals surface area contributed by atoms with Gasteiger partial charge in [-0.3, -0.25) is 4.79 Å². The highest BCUT2D eigenvalue weighted by Gasteiger charge is 2.62. The maximum Gasteiger partial charge on any atom is 0.303 e. The Kier molecular flexibility index (Phi) is 4.19. The summed E-state index contributed by atoms with van der Waals surface area (Å²) in [6, 6.07) is 0. The molecule has 160 valence electrons. The molecule has 1 unspecified atom stereocenters. The summed E-state index contributed by atoms with van der Waals surface area (Å²) < 4.78 is 34.0. The molecule has 4 heteroatoms. The number of carboxylic acids is 1. The van der Waals surface area contributed by atoms with E-state index in [1.165, 1.54) is 0 Å². The van der Waals surface area contributed by atoms with Gasteiger partial charge in [-0.2, -0.15) is 0 Å². The van der Waals surface area contributed by atoms with E-state index in [-0.39, 0.29) is 42.4 Å². The zero-order valence-corrected chi connectivity index (χ0v) is 17.5. The van der Waals surface area contributed by atoms with Gasteiger partial charge in [-0.15, -0.1) is 0 Å². The molecule has 0 saturated heterocycles. The summed E-state index contributed by atoms with van der Waals surface area (Å²) in [6.07, 6.45) is -1.38. The van der Waals surface area contributed by atoms with Gasteiger partial charge in [0.15, 0.2) is 0 Å². The van der Waals surface area contributed by atoms with Gasteiger partial charge < -0.3 is 15.3 Å². The molecule has 28 heavy (non-hydrogen) atoms. The number of aliphatic hydroxyl groups excluding tert-OH is 2. The third-order valence-electron chi connectivity index (χ3n) is 9.51. The van der Waals surface area contributed by atoms with Crippen LogP contribution in [0.1, 0.15) is 90.4 Å². The van der Waals surface area contributed by atoms with Gasteiger partial charge in [0.25, 0.3) is 0 Å². The van der Waals surface area contributed by atoms with Gasteiger partial charge in [0.05, 0.1) is 12.2 Å². The zero-order chi connectivity index (χ0) is 23.9. The quantitative estimate of drug-likeness (QED) is 0.655. The number of carboxylic acid groups (broad SMARTS) is 1. The summed E-state index contributed by atoms with van der Waals surface area (Å²) in [5.74, 6) is -0.291. The molecular weight excluding hydrogens is 352 g/mol. The minimum Gasteiger partial charge on any atom is -0.481 e. The average molecular weight is 397 g/mol. The monoisotopic (exact) mass is 396 g/mol. The van der Waals surface area contributed by atoms with Gasteiger partial charge in [0.2, 0.25) is 0 Å². The standard InChI is InChI=1S/C24H40O4/c1-14(4-7-21(27)28)17-5-6-18-22-19(9-11-24(17,18)3)23(2)10-8-16(25)12-15(23)13-20(22)26/h14-20,22,25-26H,4-13H2,1-3H3,(H,27,28)/t14-,15+,16-,17-,18+,19+,20+,22?,23+,24-/m1/s1/i8D2,12D2. The molecule has 0 heterocycles. The first-order chi connectivity index (χ1) is 14.7. The molecule has 0 aromatic heterocycles. The normalized spacial score (nSPS) is 57.4. The fraction of sp³-hybridized carbons (Fsp3) is 0.958. The predicted molar refractivity (Wildman–Crippen MR) is 109 cm³/mol. The average Bonchev–Trinajstić information content (AvgIpc) is 3.03. The third-order valence-corrected chi connectivity index (χ3v) is 9.51. The highest BCUT2D eigenvalue weighted by atomic mass is 16.4. The lowest BCUT2D eigenvalue weighted by molar-refractivity contribution is -0.174. The number of hydrogen-bond acceptors (Lipinski definition) is 3. The van der Waals surface area contributed by atoms with Gasteiger partial charge in [-0.1, -0.05) is 20.8 Å². The molecule has 3 N–H and O–H groups in total. The van der Waals surface area contributed by atoms with Crippen molar-refractivity contribution in [2.45, 2.75) is 97.1 Å². The first-order valence-electron chi connectivity index (χ1n) is 13.2. The second-order valence-electron chi connectivity index (χ2n) is 10.7. The molecular formula is C24H40O4. The lowest BCUT2D eigenvalue weighted by Gasteiger charge is -2.62. The van der Waals surface area contributed by atoms with E-state index in [0.29, 0.717) is 18.3 Å². The fourth-order valence-corrected chi connectivity index (χ4v) is 8.03. The summed E-state index contributed by atoms with van der Waals surface area (Å²) in [6.45, 7) is 6.48. The highest BCUT2D eigenvalue weighted by molar-refractivity contribution is 5.66. The van der Waals surface area contributed by atoms with E-state index >= 15 is 0 Å². The SMILES string of the molecule is [2H]C1([2H])C[C@@]2(C)[C@H](C[C@H](O)C3[C@@H]2CC[C@]2(C)[C@@H]([C@H](C)CCC(=O)O)CC[C@@H]32)C([2H])([2H])[C@@H]1O. The third kappa shape index (κ3) is 3.14. The second-order valence-corrected chi connectivity index (χ2v) is 10.7. The Labute approximate surface area is 175 Å².